The number of benzene rings is 2. The van der Waals surface area contributed by atoms with E-state index in [1.807, 2.05) is 30.3 Å². The third-order valence-electron chi connectivity index (χ3n) is 2.37. The highest BCUT2D eigenvalue weighted by molar-refractivity contribution is 9.10. The van der Waals surface area contributed by atoms with E-state index in [4.69, 9.17) is 4.74 Å². The van der Waals surface area contributed by atoms with Gasteiger partial charge in [-0.15, -0.1) is 0 Å². The van der Waals surface area contributed by atoms with Crippen LogP contribution in [0.1, 0.15) is 11.1 Å². The summed E-state index contributed by atoms with van der Waals surface area (Å²) in [5, 5.41) is 0. The molecule has 0 atom stereocenters. The van der Waals surface area contributed by atoms with Crippen LogP contribution in [-0.4, -0.2) is 0 Å². The molecule has 0 saturated carbocycles. The Morgan fingerprint density at radius 2 is 1.81 bits per heavy atom. The van der Waals surface area contributed by atoms with Crippen molar-refractivity contribution in [3.63, 3.8) is 0 Å². The van der Waals surface area contributed by atoms with E-state index in [2.05, 4.69) is 41.1 Å². The predicted octanol–water partition coefficient (Wildman–Crippen LogP) is 4.34. The van der Waals surface area contributed by atoms with Crippen LogP contribution in [-0.2, 0) is 6.61 Å². The number of aryl methyl sites for hydroxylation is 1. The van der Waals surface area contributed by atoms with E-state index >= 15 is 0 Å². The summed E-state index contributed by atoms with van der Waals surface area (Å²) < 4.78 is 6.81. The monoisotopic (exact) mass is 276 g/mol. The van der Waals surface area contributed by atoms with Gasteiger partial charge in [0.15, 0.2) is 0 Å². The van der Waals surface area contributed by atoms with Gasteiger partial charge in [0.25, 0.3) is 0 Å². The van der Waals surface area contributed by atoms with Crippen LogP contribution in [0.15, 0.2) is 53.0 Å². The Balaban J connectivity index is 2.03. The summed E-state index contributed by atoms with van der Waals surface area (Å²) in [6, 6.07) is 16.1. The molecular weight excluding hydrogens is 264 g/mol. The Hall–Kier alpha value is -1.28. The van der Waals surface area contributed by atoms with Crippen molar-refractivity contribution >= 4 is 15.9 Å². The minimum atomic E-state index is 0.609. The quantitative estimate of drug-likeness (QED) is 0.811. The van der Waals surface area contributed by atoms with Crippen LogP contribution >= 0.6 is 15.9 Å². The normalized spacial score (nSPS) is 10.1. The highest BCUT2D eigenvalue weighted by Crippen LogP contribution is 2.18. The first-order valence-corrected chi connectivity index (χ1v) is 5.98. The number of halogens is 1. The van der Waals surface area contributed by atoms with E-state index in [-0.39, 0.29) is 0 Å². The van der Waals surface area contributed by atoms with Crippen molar-refractivity contribution in [2.24, 2.45) is 0 Å². The van der Waals surface area contributed by atoms with Gasteiger partial charge in [-0.1, -0.05) is 46.3 Å². The minimum Gasteiger partial charge on any atom is -0.489 e. The van der Waals surface area contributed by atoms with E-state index in [0.717, 1.165) is 10.2 Å². The van der Waals surface area contributed by atoms with Crippen molar-refractivity contribution in [3.05, 3.63) is 64.1 Å². The average molecular weight is 277 g/mol. The first-order chi connectivity index (χ1) is 7.75. The Kier molecular flexibility index (Phi) is 3.62. The molecule has 0 aliphatic carbocycles. The lowest BCUT2D eigenvalue weighted by Gasteiger charge is -2.07. The van der Waals surface area contributed by atoms with E-state index in [1.54, 1.807) is 0 Å². The van der Waals surface area contributed by atoms with Gasteiger partial charge in [-0.05, 0) is 36.2 Å². The largest absolute Gasteiger partial charge is 0.489 e. The van der Waals surface area contributed by atoms with Gasteiger partial charge in [0.1, 0.15) is 12.4 Å². The molecular formula is C14H13BrO. The minimum absolute atomic E-state index is 0.609. The van der Waals surface area contributed by atoms with Crippen LogP contribution in [0.25, 0.3) is 0 Å². The van der Waals surface area contributed by atoms with Crippen LogP contribution in [0.5, 0.6) is 5.75 Å². The highest BCUT2D eigenvalue weighted by atomic mass is 79.9. The smallest absolute Gasteiger partial charge is 0.119 e. The fourth-order valence-corrected chi connectivity index (χ4v) is 1.73. The molecule has 0 radical (unpaired) electrons. The lowest BCUT2D eigenvalue weighted by Crippen LogP contribution is -1.95. The molecule has 2 aromatic carbocycles. The van der Waals surface area contributed by atoms with Gasteiger partial charge >= 0.3 is 0 Å². The van der Waals surface area contributed by atoms with Gasteiger partial charge in [0.05, 0.1) is 0 Å². The van der Waals surface area contributed by atoms with E-state index in [0.29, 0.717) is 6.61 Å². The molecule has 2 rings (SSSR count). The summed E-state index contributed by atoms with van der Waals surface area (Å²) in [5.41, 5.74) is 2.42. The molecule has 0 amide bonds. The summed E-state index contributed by atoms with van der Waals surface area (Å²) in [7, 11) is 0. The van der Waals surface area contributed by atoms with Crippen molar-refractivity contribution < 1.29 is 4.74 Å². The summed E-state index contributed by atoms with van der Waals surface area (Å²) in [5.74, 6) is 0.906. The lowest BCUT2D eigenvalue weighted by atomic mass is 10.1. The number of ether oxygens (including phenoxy) is 1. The molecule has 2 heteroatoms. The van der Waals surface area contributed by atoms with Gasteiger partial charge in [-0.2, -0.15) is 0 Å². The van der Waals surface area contributed by atoms with Gasteiger partial charge < -0.3 is 4.74 Å². The Labute approximate surface area is 104 Å². The third-order valence-corrected chi connectivity index (χ3v) is 3.26. The van der Waals surface area contributed by atoms with Gasteiger partial charge in [-0.25, -0.2) is 0 Å². The van der Waals surface area contributed by atoms with Crippen LogP contribution in [0.2, 0.25) is 0 Å². The molecule has 0 N–H and O–H groups in total. The molecule has 82 valence electrons. The Bertz CT molecular complexity index is 465. The molecule has 16 heavy (non-hydrogen) atoms. The first-order valence-electron chi connectivity index (χ1n) is 5.18. The second kappa shape index (κ2) is 5.17. The average Bonchev–Trinajstić information content (AvgIpc) is 2.32. The zero-order valence-corrected chi connectivity index (χ0v) is 10.7. The van der Waals surface area contributed by atoms with Gasteiger partial charge in [0, 0.05) is 4.47 Å². The highest BCUT2D eigenvalue weighted by Gasteiger charge is 1.98. The maximum absolute atomic E-state index is 5.67. The molecule has 0 spiro atoms. The lowest BCUT2D eigenvalue weighted by molar-refractivity contribution is 0.306. The summed E-state index contributed by atoms with van der Waals surface area (Å²) in [6.45, 7) is 2.69. The van der Waals surface area contributed by atoms with Crippen LogP contribution in [0.3, 0.4) is 0 Å². The standard InChI is InChI=1S/C14H13BrO/c1-11-9-12(7-8-14(11)15)10-16-13-5-3-2-4-6-13/h2-9H,10H2,1H3. The summed E-state index contributed by atoms with van der Waals surface area (Å²) in [4.78, 5) is 0. The molecule has 0 aliphatic heterocycles. The topological polar surface area (TPSA) is 9.23 Å². The maximum atomic E-state index is 5.67. The summed E-state index contributed by atoms with van der Waals surface area (Å²) in [6.07, 6.45) is 0. The van der Waals surface area contributed by atoms with Crippen molar-refractivity contribution in [1.29, 1.82) is 0 Å². The van der Waals surface area contributed by atoms with Crippen LogP contribution in [0.4, 0.5) is 0 Å². The molecule has 2 aromatic rings. The fraction of sp³-hybridized carbons (Fsp3) is 0.143. The molecule has 0 fully saturated rings. The zero-order valence-electron chi connectivity index (χ0n) is 9.11. The number of hydrogen-bond donors (Lipinski definition) is 0. The predicted molar refractivity (Wildman–Crippen MR) is 69.7 cm³/mol. The van der Waals surface area contributed by atoms with Gasteiger partial charge in [-0.3, -0.25) is 0 Å². The first kappa shape index (κ1) is 11.2. The van der Waals surface area contributed by atoms with Crippen LogP contribution < -0.4 is 4.74 Å². The maximum Gasteiger partial charge on any atom is 0.119 e. The third kappa shape index (κ3) is 2.86. The van der Waals surface area contributed by atoms with Crippen molar-refractivity contribution in [2.75, 3.05) is 0 Å². The van der Waals surface area contributed by atoms with E-state index in [1.165, 1.54) is 11.1 Å². The Morgan fingerprint density at radius 1 is 1.06 bits per heavy atom. The van der Waals surface area contributed by atoms with Crippen molar-refractivity contribution in [1.82, 2.24) is 0 Å². The molecule has 1 nitrogen and oxygen atoms in total. The van der Waals surface area contributed by atoms with E-state index in [9.17, 15) is 0 Å². The fourth-order valence-electron chi connectivity index (χ4n) is 1.48. The number of rotatable bonds is 3. The number of hydrogen-bond acceptors (Lipinski definition) is 1. The number of para-hydroxylation sites is 1. The van der Waals surface area contributed by atoms with Crippen molar-refractivity contribution in [3.8, 4) is 5.75 Å². The molecule has 0 bridgehead atoms. The second-order valence-electron chi connectivity index (χ2n) is 3.69. The molecule has 0 aliphatic rings. The molecule has 0 unspecified atom stereocenters. The van der Waals surface area contributed by atoms with Crippen molar-refractivity contribution in [2.45, 2.75) is 13.5 Å². The van der Waals surface area contributed by atoms with E-state index < -0.39 is 0 Å². The molecule has 0 heterocycles. The Morgan fingerprint density at radius 3 is 2.50 bits per heavy atom. The zero-order chi connectivity index (χ0) is 11.4. The second-order valence-corrected chi connectivity index (χ2v) is 4.54. The SMILES string of the molecule is Cc1cc(COc2ccccc2)ccc1Br. The van der Waals surface area contributed by atoms with Gasteiger partial charge in [0.2, 0.25) is 0 Å². The molecule has 0 aromatic heterocycles. The summed E-state index contributed by atoms with van der Waals surface area (Å²) >= 11 is 3.48. The van der Waals surface area contributed by atoms with Crippen LogP contribution in [0, 0.1) is 6.92 Å². The molecule has 0 saturated heterocycles.